The fourth-order valence-electron chi connectivity index (χ4n) is 2.92. The number of hydrogen-bond donors (Lipinski definition) is 1. The highest BCUT2D eigenvalue weighted by atomic mass is 16.5. The standard InChI is InChI=1S/C23H28N2O5/c1-5-12-25(14-21(26)24-19-9-7-6-8-17(19)3)22(27)15-30-23(28)18-13-16(2)10-11-20(18)29-4/h6-11,13H,5,12,14-15H2,1-4H3,(H,24,26). The second kappa shape index (κ2) is 11.0. The number of amides is 2. The summed E-state index contributed by atoms with van der Waals surface area (Å²) < 4.78 is 10.4. The lowest BCUT2D eigenvalue weighted by Crippen LogP contribution is -2.40. The average molecular weight is 412 g/mol. The van der Waals surface area contributed by atoms with Crippen LogP contribution < -0.4 is 10.1 Å². The maximum atomic E-state index is 12.6. The van der Waals surface area contributed by atoms with Crippen molar-refractivity contribution in [2.24, 2.45) is 0 Å². The van der Waals surface area contributed by atoms with E-state index in [1.807, 2.05) is 45.0 Å². The first-order chi connectivity index (χ1) is 14.3. The summed E-state index contributed by atoms with van der Waals surface area (Å²) in [5.41, 5.74) is 2.75. The van der Waals surface area contributed by atoms with Gasteiger partial charge in [0.2, 0.25) is 5.91 Å². The number of nitrogens with zero attached hydrogens (tertiary/aromatic N) is 1. The third-order valence-corrected chi connectivity index (χ3v) is 4.50. The Morgan fingerprint density at radius 3 is 2.47 bits per heavy atom. The zero-order chi connectivity index (χ0) is 22.1. The van der Waals surface area contributed by atoms with E-state index in [1.165, 1.54) is 12.0 Å². The van der Waals surface area contributed by atoms with E-state index in [1.54, 1.807) is 18.2 Å². The Morgan fingerprint density at radius 2 is 1.80 bits per heavy atom. The van der Waals surface area contributed by atoms with E-state index in [4.69, 9.17) is 9.47 Å². The summed E-state index contributed by atoms with van der Waals surface area (Å²) in [7, 11) is 1.46. The van der Waals surface area contributed by atoms with E-state index < -0.39 is 18.5 Å². The molecule has 30 heavy (non-hydrogen) atoms. The second-order valence-electron chi connectivity index (χ2n) is 6.96. The van der Waals surface area contributed by atoms with Gasteiger partial charge in [-0.1, -0.05) is 36.8 Å². The molecule has 2 rings (SSSR count). The lowest BCUT2D eigenvalue weighted by molar-refractivity contribution is -0.137. The van der Waals surface area contributed by atoms with Gasteiger partial charge in [0.15, 0.2) is 6.61 Å². The van der Waals surface area contributed by atoms with Gasteiger partial charge in [0, 0.05) is 12.2 Å². The van der Waals surface area contributed by atoms with Crippen molar-refractivity contribution in [2.45, 2.75) is 27.2 Å². The molecule has 2 aromatic rings. The van der Waals surface area contributed by atoms with Crippen molar-refractivity contribution in [1.82, 2.24) is 4.90 Å². The molecule has 0 aliphatic rings. The molecule has 2 amide bonds. The van der Waals surface area contributed by atoms with Crippen LogP contribution in [-0.4, -0.2) is 49.5 Å². The number of anilines is 1. The molecule has 0 saturated heterocycles. The zero-order valence-electron chi connectivity index (χ0n) is 17.9. The molecule has 0 radical (unpaired) electrons. The van der Waals surface area contributed by atoms with Crippen LogP contribution in [-0.2, 0) is 14.3 Å². The first-order valence-electron chi connectivity index (χ1n) is 9.80. The maximum Gasteiger partial charge on any atom is 0.342 e. The van der Waals surface area contributed by atoms with E-state index in [2.05, 4.69) is 5.32 Å². The molecule has 0 aromatic heterocycles. The van der Waals surface area contributed by atoms with E-state index in [-0.39, 0.29) is 18.0 Å². The van der Waals surface area contributed by atoms with Gasteiger partial charge in [0.05, 0.1) is 13.7 Å². The lowest BCUT2D eigenvalue weighted by atomic mass is 10.1. The van der Waals surface area contributed by atoms with Gasteiger partial charge in [-0.05, 0) is 44.0 Å². The third kappa shape index (κ3) is 6.34. The van der Waals surface area contributed by atoms with Crippen molar-refractivity contribution >= 4 is 23.5 Å². The summed E-state index contributed by atoms with van der Waals surface area (Å²) >= 11 is 0. The number of aryl methyl sites for hydroxylation is 2. The summed E-state index contributed by atoms with van der Waals surface area (Å²) in [6.45, 7) is 5.45. The molecule has 0 atom stereocenters. The second-order valence-corrected chi connectivity index (χ2v) is 6.96. The minimum atomic E-state index is -0.648. The van der Waals surface area contributed by atoms with Crippen molar-refractivity contribution in [3.63, 3.8) is 0 Å². The third-order valence-electron chi connectivity index (χ3n) is 4.50. The van der Waals surface area contributed by atoms with Crippen LogP contribution in [0.2, 0.25) is 0 Å². The number of hydrogen-bond acceptors (Lipinski definition) is 5. The number of carbonyl (C=O) groups is 3. The molecule has 160 valence electrons. The fraction of sp³-hybridized carbons (Fsp3) is 0.348. The average Bonchev–Trinajstić information content (AvgIpc) is 2.73. The van der Waals surface area contributed by atoms with Crippen molar-refractivity contribution < 1.29 is 23.9 Å². The Hall–Kier alpha value is -3.35. The summed E-state index contributed by atoms with van der Waals surface area (Å²) in [5.74, 6) is -1.01. The largest absolute Gasteiger partial charge is 0.496 e. The molecule has 0 unspecified atom stereocenters. The molecule has 2 aromatic carbocycles. The van der Waals surface area contributed by atoms with Crippen LogP contribution in [0, 0.1) is 13.8 Å². The van der Waals surface area contributed by atoms with Gasteiger partial charge in [-0.25, -0.2) is 4.79 Å². The van der Waals surface area contributed by atoms with E-state index in [9.17, 15) is 14.4 Å². The summed E-state index contributed by atoms with van der Waals surface area (Å²) in [4.78, 5) is 38.8. The molecule has 0 saturated carbocycles. The van der Waals surface area contributed by atoms with Gasteiger partial charge in [-0.15, -0.1) is 0 Å². The molecule has 0 fully saturated rings. The molecule has 7 nitrogen and oxygen atoms in total. The SMILES string of the molecule is CCCN(CC(=O)Nc1ccccc1C)C(=O)COC(=O)c1cc(C)ccc1OC. The molecule has 1 N–H and O–H groups in total. The maximum absolute atomic E-state index is 12.6. The number of methoxy groups -OCH3 is 1. The van der Waals surface area contributed by atoms with Crippen LogP contribution in [0.5, 0.6) is 5.75 Å². The summed E-state index contributed by atoms with van der Waals surface area (Å²) in [6.07, 6.45) is 0.670. The Labute approximate surface area is 177 Å². The van der Waals surface area contributed by atoms with Crippen LogP contribution in [0.1, 0.15) is 34.8 Å². The quantitative estimate of drug-likeness (QED) is 0.639. The van der Waals surface area contributed by atoms with Crippen molar-refractivity contribution in [2.75, 3.05) is 32.1 Å². The fourth-order valence-corrected chi connectivity index (χ4v) is 2.92. The monoisotopic (exact) mass is 412 g/mol. The van der Waals surface area contributed by atoms with Crippen LogP contribution in [0.3, 0.4) is 0 Å². The predicted molar refractivity (Wildman–Crippen MR) is 115 cm³/mol. The first-order valence-corrected chi connectivity index (χ1v) is 9.80. The molecular formula is C23H28N2O5. The molecular weight excluding hydrogens is 384 g/mol. The first kappa shape index (κ1) is 22.9. The molecule has 0 spiro atoms. The normalized spacial score (nSPS) is 10.3. The van der Waals surface area contributed by atoms with Crippen LogP contribution >= 0.6 is 0 Å². The van der Waals surface area contributed by atoms with Crippen molar-refractivity contribution in [3.05, 3.63) is 59.2 Å². The van der Waals surface area contributed by atoms with Crippen LogP contribution in [0.25, 0.3) is 0 Å². The Morgan fingerprint density at radius 1 is 1.07 bits per heavy atom. The number of rotatable bonds is 9. The topological polar surface area (TPSA) is 84.9 Å². The van der Waals surface area contributed by atoms with E-state index in [0.29, 0.717) is 24.4 Å². The van der Waals surface area contributed by atoms with Gasteiger partial charge in [-0.3, -0.25) is 9.59 Å². The number of benzene rings is 2. The number of nitrogens with one attached hydrogen (secondary N) is 1. The molecule has 7 heteroatoms. The summed E-state index contributed by atoms with van der Waals surface area (Å²) in [6, 6.07) is 12.5. The van der Waals surface area contributed by atoms with Gasteiger partial charge in [0.25, 0.3) is 5.91 Å². The molecule has 0 heterocycles. The highest BCUT2D eigenvalue weighted by molar-refractivity contribution is 5.96. The number of carbonyl (C=O) groups excluding carboxylic acids is 3. The van der Waals surface area contributed by atoms with Gasteiger partial charge < -0.3 is 19.7 Å². The summed E-state index contributed by atoms with van der Waals surface area (Å²) in [5, 5.41) is 2.81. The van der Waals surface area contributed by atoms with Gasteiger partial charge in [-0.2, -0.15) is 0 Å². The van der Waals surface area contributed by atoms with E-state index in [0.717, 1.165) is 11.1 Å². The molecule has 0 bridgehead atoms. The zero-order valence-corrected chi connectivity index (χ0v) is 17.9. The van der Waals surface area contributed by atoms with Crippen LogP contribution in [0.4, 0.5) is 5.69 Å². The van der Waals surface area contributed by atoms with Crippen molar-refractivity contribution in [3.8, 4) is 5.75 Å². The smallest absolute Gasteiger partial charge is 0.342 e. The lowest BCUT2D eigenvalue weighted by Gasteiger charge is -2.22. The highest BCUT2D eigenvalue weighted by Gasteiger charge is 2.20. The van der Waals surface area contributed by atoms with Gasteiger partial charge in [0.1, 0.15) is 11.3 Å². The number of esters is 1. The molecule has 0 aliphatic heterocycles. The van der Waals surface area contributed by atoms with Crippen LogP contribution in [0.15, 0.2) is 42.5 Å². The Bertz CT molecular complexity index is 910. The predicted octanol–water partition coefficient (Wildman–Crippen LogP) is 3.35. The number of para-hydroxylation sites is 1. The Balaban J connectivity index is 1.98. The number of ether oxygens (including phenoxy) is 2. The molecule has 0 aliphatic carbocycles. The van der Waals surface area contributed by atoms with Crippen molar-refractivity contribution in [1.29, 1.82) is 0 Å². The van der Waals surface area contributed by atoms with Gasteiger partial charge >= 0.3 is 5.97 Å². The minimum absolute atomic E-state index is 0.119. The highest BCUT2D eigenvalue weighted by Crippen LogP contribution is 2.20. The Kier molecular flexibility index (Phi) is 8.41. The minimum Gasteiger partial charge on any atom is -0.496 e. The van der Waals surface area contributed by atoms with E-state index >= 15 is 0 Å².